The topological polar surface area (TPSA) is 12.9 Å². The van der Waals surface area contributed by atoms with Crippen LogP contribution in [0.1, 0.15) is 5.56 Å². The number of hydrogen-bond donors (Lipinski definition) is 0. The first-order chi connectivity index (χ1) is 5.74. The van der Waals surface area contributed by atoms with Crippen LogP contribution in [0.25, 0.3) is 6.08 Å². The molecule has 1 rings (SSSR count). The summed E-state index contributed by atoms with van der Waals surface area (Å²) in [5.41, 5.74) is 0.399. The van der Waals surface area contributed by atoms with Gasteiger partial charge in [-0.3, -0.25) is 0 Å². The van der Waals surface area contributed by atoms with E-state index in [1.165, 1.54) is 6.07 Å². The van der Waals surface area contributed by atoms with Crippen LogP contribution in [0.3, 0.4) is 0 Å². The number of alkyl halides is 1. The van der Waals surface area contributed by atoms with Crippen molar-refractivity contribution in [1.29, 1.82) is 0 Å². The summed E-state index contributed by atoms with van der Waals surface area (Å²) in [6.07, 6.45) is 4.28. The molecule has 1 aromatic heterocycles. The van der Waals surface area contributed by atoms with Gasteiger partial charge in [-0.1, -0.05) is 23.8 Å². The van der Waals surface area contributed by atoms with Gasteiger partial charge in [0.2, 0.25) is 0 Å². The first-order valence-corrected chi connectivity index (χ1v) is 4.19. The molecular weight excluding hydrogens is 200 g/mol. The molecular formula is C8H6Cl2FN. The largest absolute Gasteiger partial charge is 0.241 e. The van der Waals surface area contributed by atoms with Gasteiger partial charge in [0.25, 0.3) is 0 Å². The van der Waals surface area contributed by atoms with Crippen LogP contribution >= 0.6 is 23.2 Å². The molecule has 0 aliphatic heterocycles. The number of nitrogens with zero attached hydrogens (tertiary/aromatic N) is 1. The Morgan fingerprint density at radius 1 is 1.58 bits per heavy atom. The van der Waals surface area contributed by atoms with E-state index in [1.807, 2.05) is 0 Å². The van der Waals surface area contributed by atoms with E-state index in [0.29, 0.717) is 11.4 Å². The summed E-state index contributed by atoms with van der Waals surface area (Å²) in [6.45, 7) is 0. The Hall–Kier alpha value is -0.600. The average molecular weight is 206 g/mol. The van der Waals surface area contributed by atoms with Crippen LogP contribution in [0.15, 0.2) is 18.3 Å². The minimum absolute atomic E-state index is 0.269. The third-order valence-electron chi connectivity index (χ3n) is 1.24. The minimum atomic E-state index is -0.402. The highest BCUT2D eigenvalue weighted by molar-refractivity contribution is 6.29. The summed E-state index contributed by atoms with van der Waals surface area (Å²) < 4.78 is 12.9. The molecule has 12 heavy (non-hydrogen) atoms. The zero-order valence-corrected chi connectivity index (χ0v) is 7.61. The van der Waals surface area contributed by atoms with E-state index in [1.54, 1.807) is 12.2 Å². The van der Waals surface area contributed by atoms with Crippen molar-refractivity contribution in [2.75, 3.05) is 5.88 Å². The molecule has 0 unspecified atom stereocenters. The van der Waals surface area contributed by atoms with Crippen molar-refractivity contribution in [2.45, 2.75) is 0 Å². The smallest absolute Gasteiger partial charge is 0.148 e. The second-order valence-corrected chi connectivity index (χ2v) is 2.78. The van der Waals surface area contributed by atoms with Crippen molar-refractivity contribution in [2.24, 2.45) is 0 Å². The van der Waals surface area contributed by atoms with Crippen LogP contribution in [0.4, 0.5) is 4.39 Å². The predicted octanol–water partition coefficient (Wildman–Crippen LogP) is 3.13. The Morgan fingerprint density at radius 2 is 2.33 bits per heavy atom. The summed E-state index contributed by atoms with van der Waals surface area (Å²) in [5.74, 6) is -0.0555. The lowest BCUT2D eigenvalue weighted by Gasteiger charge is -1.95. The van der Waals surface area contributed by atoms with E-state index < -0.39 is 5.82 Å². The number of allylic oxidation sites excluding steroid dienone is 1. The second-order valence-electron chi connectivity index (χ2n) is 2.09. The lowest BCUT2D eigenvalue weighted by molar-refractivity contribution is 0.618. The van der Waals surface area contributed by atoms with Gasteiger partial charge in [-0.15, -0.1) is 11.6 Å². The Labute approximate surface area is 79.8 Å². The number of aromatic nitrogens is 1. The van der Waals surface area contributed by atoms with Gasteiger partial charge >= 0.3 is 0 Å². The highest BCUT2D eigenvalue weighted by atomic mass is 35.5. The van der Waals surface area contributed by atoms with E-state index in [9.17, 15) is 4.39 Å². The van der Waals surface area contributed by atoms with Crippen LogP contribution in [0.2, 0.25) is 5.15 Å². The summed E-state index contributed by atoms with van der Waals surface area (Å²) in [7, 11) is 0. The molecule has 0 aliphatic carbocycles. The van der Waals surface area contributed by atoms with Gasteiger partial charge < -0.3 is 0 Å². The zero-order valence-electron chi connectivity index (χ0n) is 6.10. The fourth-order valence-electron chi connectivity index (χ4n) is 0.727. The van der Waals surface area contributed by atoms with Crippen molar-refractivity contribution < 1.29 is 4.39 Å². The van der Waals surface area contributed by atoms with Gasteiger partial charge in [0.15, 0.2) is 0 Å². The molecule has 0 amide bonds. The maximum Gasteiger partial charge on any atom is 0.148 e. The summed E-state index contributed by atoms with van der Waals surface area (Å²) in [5, 5.41) is 0.269. The SMILES string of the molecule is Fc1cnc(Cl)cc1C=CCCl. The van der Waals surface area contributed by atoms with Crippen molar-refractivity contribution >= 4 is 29.3 Å². The molecule has 0 atom stereocenters. The number of pyridine rings is 1. The monoisotopic (exact) mass is 205 g/mol. The average Bonchev–Trinajstić information content (AvgIpc) is 2.07. The van der Waals surface area contributed by atoms with E-state index in [0.717, 1.165) is 6.20 Å². The lowest BCUT2D eigenvalue weighted by atomic mass is 10.2. The summed E-state index contributed by atoms with van der Waals surface area (Å²) >= 11 is 10.9. The molecule has 0 fully saturated rings. The first kappa shape index (κ1) is 9.49. The second kappa shape index (κ2) is 4.43. The third-order valence-corrected chi connectivity index (χ3v) is 1.62. The molecule has 1 heterocycles. The van der Waals surface area contributed by atoms with Gasteiger partial charge in [0.05, 0.1) is 6.20 Å². The fraction of sp³-hybridized carbons (Fsp3) is 0.125. The first-order valence-electron chi connectivity index (χ1n) is 3.27. The molecule has 4 heteroatoms. The predicted molar refractivity (Wildman–Crippen MR) is 49.0 cm³/mol. The van der Waals surface area contributed by atoms with E-state index in [-0.39, 0.29) is 5.15 Å². The molecule has 0 spiro atoms. The maximum absolute atomic E-state index is 12.9. The number of rotatable bonds is 2. The van der Waals surface area contributed by atoms with Crippen molar-refractivity contribution in [3.63, 3.8) is 0 Å². The molecule has 0 bridgehead atoms. The number of halogens is 3. The van der Waals surface area contributed by atoms with Crippen molar-refractivity contribution in [3.8, 4) is 0 Å². The van der Waals surface area contributed by atoms with Gasteiger partial charge in [-0.2, -0.15) is 0 Å². The van der Waals surface area contributed by atoms with Gasteiger partial charge in [0, 0.05) is 11.4 Å². The molecule has 0 aliphatic rings. The summed E-state index contributed by atoms with van der Waals surface area (Å²) in [6, 6.07) is 1.44. The van der Waals surface area contributed by atoms with Crippen molar-refractivity contribution in [3.05, 3.63) is 34.9 Å². The van der Waals surface area contributed by atoms with Crippen LogP contribution in [0, 0.1) is 5.82 Å². The Kier molecular flexibility index (Phi) is 3.50. The Morgan fingerprint density at radius 3 is 3.00 bits per heavy atom. The highest BCUT2D eigenvalue weighted by Gasteiger charge is 1.98. The maximum atomic E-state index is 12.9. The fourth-order valence-corrected chi connectivity index (χ4v) is 0.982. The standard InChI is InChI=1S/C8H6Cl2FN/c9-3-1-2-6-4-8(10)12-5-7(6)11/h1-2,4-5H,3H2. The molecule has 0 radical (unpaired) electrons. The van der Waals surface area contributed by atoms with Crippen LogP contribution in [-0.4, -0.2) is 10.9 Å². The molecule has 0 saturated carbocycles. The Bertz CT molecular complexity index is 299. The van der Waals surface area contributed by atoms with Gasteiger partial charge in [0.1, 0.15) is 11.0 Å². The molecule has 64 valence electrons. The van der Waals surface area contributed by atoms with E-state index in [2.05, 4.69) is 4.98 Å². The van der Waals surface area contributed by atoms with Crippen LogP contribution in [0.5, 0.6) is 0 Å². The van der Waals surface area contributed by atoms with Crippen LogP contribution in [-0.2, 0) is 0 Å². The molecule has 0 N–H and O–H groups in total. The molecule has 1 nitrogen and oxygen atoms in total. The lowest BCUT2D eigenvalue weighted by Crippen LogP contribution is -1.84. The van der Waals surface area contributed by atoms with E-state index >= 15 is 0 Å². The third kappa shape index (κ3) is 2.47. The quantitative estimate of drug-likeness (QED) is 0.535. The van der Waals surface area contributed by atoms with Gasteiger partial charge in [-0.05, 0) is 6.07 Å². The Balaban J connectivity index is 2.97. The normalized spacial score (nSPS) is 10.9. The van der Waals surface area contributed by atoms with Crippen LogP contribution < -0.4 is 0 Å². The zero-order chi connectivity index (χ0) is 8.97. The highest BCUT2D eigenvalue weighted by Crippen LogP contribution is 2.12. The summed E-state index contributed by atoms with van der Waals surface area (Å²) in [4.78, 5) is 3.57. The molecule has 0 saturated heterocycles. The molecule has 0 aromatic carbocycles. The van der Waals surface area contributed by atoms with Gasteiger partial charge in [-0.25, -0.2) is 9.37 Å². The number of hydrogen-bond acceptors (Lipinski definition) is 1. The van der Waals surface area contributed by atoms with E-state index in [4.69, 9.17) is 23.2 Å². The van der Waals surface area contributed by atoms with Crippen molar-refractivity contribution in [1.82, 2.24) is 4.98 Å². The molecule has 1 aromatic rings. The minimum Gasteiger partial charge on any atom is -0.241 e.